The van der Waals surface area contributed by atoms with Crippen LogP contribution in [0.1, 0.15) is 25.7 Å². The molecule has 4 nitrogen and oxygen atoms in total. The van der Waals surface area contributed by atoms with Gasteiger partial charge in [-0.1, -0.05) is 0 Å². The van der Waals surface area contributed by atoms with Crippen molar-refractivity contribution in [2.75, 3.05) is 26.2 Å². The van der Waals surface area contributed by atoms with Crippen LogP contribution in [0.15, 0.2) is 0 Å². The topological polar surface area (TPSA) is 44.4 Å². The number of hydrogen-bond donors (Lipinski definition) is 2. The van der Waals surface area contributed by atoms with Gasteiger partial charge in [0.25, 0.3) is 0 Å². The molecular formula is C10H19N3O. The molecule has 2 rings (SSSR count). The number of amides is 2. The Morgan fingerprint density at radius 3 is 2.71 bits per heavy atom. The van der Waals surface area contributed by atoms with Gasteiger partial charge in [0.15, 0.2) is 0 Å². The molecule has 2 aliphatic heterocycles. The van der Waals surface area contributed by atoms with Gasteiger partial charge in [0.05, 0.1) is 0 Å². The van der Waals surface area contributed by atoms with Crippen LogP contribution in [0.4, 0.5) is 4.79 Å². The number of carbonyl (C=O) groups excluding carboxylic acids is 1. The van der Waals surface area contributed by atoms with Gasteiger partial charge in [0.2, 0.25) is 0 Å². The first-order valence-electron chi connectivity index (χ1n) is 5.63. The maximum atomic E-state index is 11.7. The predicted octanol–water partition coefficient (Wildman–Crippen LogP) is 0.544. The zero-order valence-corrected chi connectivity index (χ0v) is 8.59. The van der Waals surface area contributed by atoms with Crippen molar-refractivity contribution in [3.05, 3.63) is 0 Å². The third-order valence-corrected chi connectivity index (χ3v) is 3.11. The fraction of sp³-hybridized carbons (Fsp3) is 0.900. The monoisotopic (exact) mass is 197 g/mol. The van der Waals surface area contributed by atoms with Crippen molar-refractivity contribution in [3.63, 3.8) is 0 Å². The van der Waals surface area contributed by atoms with Crippen LogP contribution < -0.4 is 10.6 Å². The molecule has 0 unspecified atom stereocenters. The number of rotatable bonds is 1. The molecular weight excluding hydrogens is 178 g/mol. The lowest BCUT2D eigenvalue weighted by Crippen LogP contribution is -2.49. The first kappa shape index (κ1) is 9.77. The van der Waals surface area contributed by atoms with Gasteiger partial charge in [-0.25, -0.2) is 4.79 Å². The highest BCUT2D eigenvalue weighted by Gasteiger charge is 2.25. The fourth-order valence-corrected chi connectivity index (χ4v) is 2.27. The number of nitrogens with one attached hydrogen (secondary N) is 2. The second-order valence-electron chi connectivity index (χ2n) is 4.11. The predicted molar refractivity (Wildman–Crippen MR) is 55.2 cm³/mol. The van der Waals surface area contributed by atoms with Crippen molar-refractivity contribution in [1.82, 2.24) is 15.5 Å². The lowest BCUT2D eigenvalue weighted by molar-refractivity contribution is 0.164. The SMILES string of the molecule is O=C1NCCCCN1C1CCNCC1. The van der Waals surface area contributed by atoms with Crippen LogP contribution in [0.5, 0.6) is 0 Å². The first-order chi connectivity index (χ1) is 6.88. The van der Waals surface area contributed by atoms with Crippen LogP contribution in [0.2, 0.25) is 0 Å². The Balaban J connectivity index is 1.95. The summed E-state index contributed by atoms with van der Waals surface area (Å²) in [5, 5.41) is 6.28. The number of urea groups is 1. The summed E-state index contributed by atoms with van der Waals surface area (Å²) < 4.78 is 0. The van der Waals surface area contributed by atoms with E-state index in [1.807, 2.05) is 4.90 Å². The Hall–Kier alpha value is -0.770. The minimum Gasteiger partial charge on any atom is -0.338 e. The summed E-state index contributed by atoms with van der Waals surface area (Å²) in [6, 6.07) is 0.615. The number of hydrogen-bond acceptors (Lipinski definition) is 2. The lowest BCUT2D eigenvalue weighted by Gasteiger charge is -2.33. The summed E-state index contributed by atoms with van der Waals surface area (Å²) in [5.41, 5.74) is 0. The molecule has 0 aromatic carbocycles. The van der Waals surface area contributed by atoms with E-state index in [-0.39, 0.29) is 6.03 Å². The maximum Gasteiger partial charge on any atom is 0.317 e. The summed E-state index contributed by atoms with van der Waals surface area (Å²) >= 11 is 0. The molecule has 0 aliphatic carbocycles. The van der Waals surface area contributed by atoms with Gasteiger partial charge in [-0.15, -0.1) is 0 Å². The minimum absolute atomic E-state index is 0.148. The van der Waals surface area contributed by atoms with Crippen LogP contribution in [0, 0.1) is 0 Å². The van der Waals surface area contributed by atoms with Gasteiger partial charge in [-0.2, -0.15) is 0 Å². The van der Waals surface area contributed by atoms with Crippen molar-refractivity contribution in [2.45, 2.75) is 31.7 Å². The Bertz CT molecular complexity index is 202. The largest absolute Gasteiger partial charge is 0.338 e. The quantitative estimate of drug-likeness (QED) is 0.644. The van der Waals surface area contributed by atoms with Crippen molar-refractivity contribution in [1.29, 1.82) is 0 Å². The zero-order chi connectivity index (χ0) is 9.80. The van der Waals surface area contributed by atoms with Crippen molar-refractivity contribution in [2.24, 2.45) is 0 Å². The van der Waals surface area contributed by atoms with E-state index in [0.717, 1.165) is 51.9 Å². The number of piperidine rings is 1. The van der Waals surface area contributed by atoms with E-state index >= 15 is 0 Å². The standard InChI is InChI=1S/C10H19N3O/c14-10-12-5-1-2-8-13(10)9-3-6-11-7-4-9/h9,11H,1-8H2,(H,12,14). The van der Waals surface area contributed by atoms with Crippen LogP contribution in [0.25, 0.3) is 0 Å². The maximum absolute atomic E-state index is 11.7. The van der Waals surface area contributed by atoms with E-state index in [4.69, 9.17) is 0 Å². The van der Waals surface area contributed by atoms with Crippen molar-refractivity contribution < 1.29 is 4.79 Å². The Morgan fingerprint density at radius 2 is 1.93 bits per heavy atom. The van der Waals surface area contributed by atoms with Gasteiger partial charge < -0.3 is 15.5 Å². The Kier molecular flexibility index (Phi) is 3.24. The van der Waals surface area contributed by atoms with E-state index < -0.39 is 0 Å². The van der Waals surface area contributed by atoms with E-state index in [0.29, 0.717) is 6.04 Å². The molecule has 14 heavy (non-hydrogen) atoms. The van der Waals surface area contributed by atoms with Gasteiger partial charge in [-0.05, 0) is 38.8 Å². The molecule has 2 saturated heterocycles. The second-order valence-corrected chi connectivity index (χ2v) is 4.11. The van der Waals surface area contributed by atoms with E-state index in [1.165, 1.54) is 0 Å². The molecule has 0 atom stereocenters. The third-order valence-electron chi connectivity index (χ3n) is 3.11. The Morgan fingerprint density at radius 1 is 1.14 bits per heavy atom. The van der Waals surface area contributed by atoms with Crippen LogP contribution in [-0.2, 0) is 0 Å². The molecule has 0 aromatic rings. The molecule has 0 radical (unpaired) electrons. The summed E-state index contributed by atoms with van der Waals surface area (Å²) in [5.74, 6) is 0. The van der Waals surface area contributed by atoms with Gasteiger partial charge in [-0.3, -0.25) is 0 Å². The fourth-order valence-electron chi connectivity index (χ4n) is 2.27. The van der Waals surface area contributed by atoms with Crippen LogP contribution in [0.3, 0.4) is 0 Å². The summed E-state index contributed by atoms with van der Waals surface area (Å²) in [6.07, 6.45) is 4.47. The highest BCUT2D eigenvalue weighted by atomic mass is 16.2. The molecule has 2 heterocycles. The first-order valence-corrected chi connectivity index (χ1v) is 5.63. The normalized spacial score (nSPS) is 25.7. The molecule has 0 spiro atoms. The van der Waals surface area contributed by atoms with Crippen molar-refractivity contribution in [3.8, 4) is 0 Å². The minimum atomic E-state index is 0.148. The summed E-state index contributed by atoms with van der Waals surface area (Å²) in [4.78, 5) is 13.7. The summed E-state index contributed by atoms with van der Waals surface area (Å²) in [7, 11) is 0. The van der Waals surface area contributed by atoms with Crippen molar-refractivity contribution >= 4 is 6.03 Å². The van der Waals surface area contributed by atoms with Gasteiger partial charge in [0, 0.05) is 19.1 Å². The lowest BCUT2D eigenvalue weighted by atomic mass is 10.1. The average molecular weight is 197 g/mol. The van der Waals surface area contributed by atoms with Crippen LogP contribution in [-0.4, -0.2) is 43.2 Å². The molecule has 2 aliphatic rings. The highest BCUT2D eigenvalue weighted by Crippen LogP contribution is 2.14. The zero-order valence-electron chi connectivity index (χ0n) is 8.59. The van der Waals surface area contributed by atoms with E-state index in [1.54, 1.807) is 0 Å². The molecule has 2 N–H and O–H groups in total. The molecule has 2 amide bonds. The van der Waals surface area contributed by atoms with E-state index in [2.05, 4.69) is 10.6 Å². The highest BCUT2D eigenvalue weighted by molar-refractivity contribution is 5.74. The molecule has 0 aromatic heterocycles. The average Bonchev–Trinajstić information content (AvgIpc) is 2.44. The van der Waals surface area contributed by atoms with Gasteiger partial charge in [0.1, 0.15) is 0 Å². The summed E-state index contributed by atoms with van der Waals surface area (Å²) in [6.45, 7) is 3.89. The van der Waals surface area contributed by atoms with E-state index in [9.17, 15) is 4.79 Å². The number of carbonyl (C=O) groups is 1. The molecule has 4 heteroatoms. The van der Waals surface area contributed by atoms with Crippen LogP contribution >= 0.6 is 0 Å². The molecule has 0 saturated carbocycles. The Labute approximate surface area is 85.0 Å². The molecule has 0 bridgehead atoms. The smallest absolute Gasteiger partial charge is 0.317 e. The third kappa shape index (κ3) is 2.18. The number of nitrogens with zero attached hydrogens (tertiary/aromatic N) is 1. The molecule has 80 valence electrons. The van der Waals surface area contributed by atoms with Gasteiger partial charge >= 0.3 is 6.03 Å². The molecule has 2 fully saturated rings. The second kappa shape index (κ2) is 4.64.